The number of hydrogen-bond donors (Lipinski definition) is 1. The number of nitrogens with two attached hydrogens (primary N) is 1. The van der Waals surface area contributed by atoms with E-state index in [9.17, 15) is 0 Å². The summed E-state index contributed by atoms with van der Waals surface area (Å²) in [5, 5.41) is 0. The molecule has 0 atom stereocenters. The van der Waals surface area contributed by atoms with Crippen molar-refractivity contribution >= 4 is 0 Å². The van der Waals surface area contributed by atoms with Gasteiger partial charge < -0.3 is 10.5 Å². The molecule has 0 unspecified atom stereocenters. The fourth-order valence-electron chi connectivity index (χ4n) is 1.22. The second-order valence-electron chi connectivity index (χ2n) is 3.12. The van der Waals surface area contributed by atoms with Crippen LogP contribution in [0, 0.1) is 0 Å². The Morgan fingerprint density at radius 3 is 2.47 bits per heavy atom. The number of pyridine rings is 1. The van der Waals surface area contributed by atoms with E-state index in [-0.39, 0.29) is 0 Å². The lowest BCUT2D eigenvalue weighted by Crippen LogP contribution is -1.95. The lowest BCUT2D eigenvalue weighted by Gasteiger charge is -2.04. The molecule has 3 heteroatoms. The third kappa shape index (κ3) is 2.54. The van der Waals surface area contributed by atoms with Gasteiger partial charge in [-0.15, -0.1) is 0 Å². The van der Waals surface area contributed by atoms with Crippen molar-refractivity contribution in [2.75, 3.05) is 0 Å². The van der Waals surface area contributed by atoms with E-state index in [0.29, 0.717) is 12.4 Å². The molecule has 2 N–H and O–H groups in total. The van der Waals surface area contributed by atoms with Gasteiger partial charge in [0.1, 0.15) is 5.75 Å². The van der Waals surface area contributed by atoms with Gasteiger partial charge >= 0.3 is 0 Å². The van der Waals surface area contributed by atoms with Crippen LogP contribution in [0.3, 0.4) is 0 Å². The van der Waals surface area contributed by atoms with E-state index in [1.54, 1.807) is 6.20 Å². The summed E-state index contributed by atoms with van der Waals surface area (Å²) in [6.45, 7) is 0.546. The van der Waals surface area contributed by atoms with Crippen molar-refractivity contribution in [2.24, 2.45) is 5.73 Å². The highest BCUT2D eigenvalue weighted by molar-refractivity contribution is 5.30. The fourth-order valence-corrected chi connectivity index (χ4v) is 1.22. The Morgan fingerprint density at radius 1 is 1.07 bits per heavy atom. The van der Waals surface area contributed by atoms with Crippen LogP contribution in [0.5, 0.6) is 11.6 Å². The molecule has 0 amide bonds. The van der Waals surface area contributed by atoms with E-state index in [1.165, 1.54) is 0 Å². The molecule has 2 aromatic rings. The first-order valence-electron chi connectivity index (χ1n) is 4.76. The summed E-state index contributed by atoms with van der Waals surface area (Å²) in [5.41, 5.74) is 6.59. The quantitative estimate of drug-likeness (QED) is 0.827. The topological polar surface area (TPSA) is 48.1 Å². The van der Waals surface area contributed by atoms with E-state index in [2.05, 4.69) is 4.98 Å². The highest BCUT2D eigenvalue weighted by Crippen LogP contribution is 2.18. The molecule has 1 aromatic carbocycles. The summed E-state index contributed by atoms with van der Waals surface area (Å²) in [7, 11) is 0. The molecule has 0 bridgehead atoms. The minimum Gasteiger partial charge on any atom is -0.439 e. The van der Waals surface area contributed by atoms with Gasteiger partial charge in [-0.2, -0.15) is 0 Å². The predicted molar refractivity (Wildman–Crippen MR) is 58.6 cm³/mol. The van der Waals surface area contributed by atoms with Crippen molar-refractivity contribution in [3.8, 4) is 11.6 Å². The van der Waals surface area contributed by atoms with Crippen LogP contribution in [0.25, 0.3) is 0 Å². The molecule has 0 spiro atoms. The smallest absolute Gasteiger partial charge is 0.219 e. The van der Waals surface area contributed by atoms with Crippen LogP contribution in [-0.2, 0) is 6.54 Å². The first-order chi connectivity index (χ1) is 7.38. The summed E-state index contributed by atoms with van der Waals surface area (Å²) in [4.78, 5) is 4.07. The number of ether oxygens (including phenoxy) is 1. The zero-order valence-electron chi connectivity index (χ0n) is 8.26. The molecule has 2 rings (SSSR count). The van der Waals surface area contributed by atoms with Crippen molar-refractivity contribution in [3.63, 3.8) is 0 Å². The first-order valence-corrected chi connectivity index (χ1v) is 4.76. The molecule has 0 aliphatic heterocycles. The van der Waals surface area contributed by atoms with Gasteiger partial charge in [-0.25, -0.2) is 4.98 Å². The van der Waals surface area contributed by atoms with Crippen molar-refractivity contribution < 1.29 is 4.74 Å². The maximum absolute atomic E-state index is 5.53. The van der Waals surface area contributed by atoms with Gasteiger partial charge in [0.05, 0.1) is 0 Å². The second-order valence-corrected chi connectivity index (χ2v) is 3.12. The van der Waals surface area contributed by atoms with Crippen molar-refractivity contribution in [1.82, 2.24) is 4.98 Å². The molecule has 1 aromatic heterocycles. The summed E-state index contributed by atoms with van der Waals surface area (Å²) >= 11 is 0. The molecule has 0 aliphatic carbocycles. The van der Waals surface area contributed by atoms with Gasteiger partial charge in [-0.05, 0) is 23.8 Å². The minimum absolute atomic E-state index is 0.546. The second kappa shape index (κ2) is 4.57. The van der Waals surface area contributed by atoms with E-state index in [0.717, 1.165) is 11.3 Å². The number of hydrogen-bond acceptors (Lipinski definition) is 3. The van der Waals surface area contributed by atoms with Crippen LogP contribution in [-0.4, -0.2) is 4.98 Å². The maximum atomic E-state index is 5.53. The van der Waals surface area contributed by atoms with E-state index < -0.39 is 0 Å². The normalized spacial score (nSPS) is 9.93. The van der Waals surface area contributed by atoms with Gasteiger partial charge in [0, 0.05) is 18.8 Å². The summed E-state index contributed by atoms with van der Waals surface area (Å²) in [6.07, 6.45) is 1.70. The van der Waals surface area contributed by atoms with Crippen molar-refractivity contribution in [2.45, 2.75) is 6.54 Å². The van der Waals surface area contributed by atoms with Gasteiger partial charge in [-0.1, -0.05) is 18.2 Å². The molecule has 0 saturated carbocycles. The van der Waals surface area contributed by atoms with Crippen molar-refractivity contribution in [3.05, 3.63) is 54.2 Å². The van der Waals surface area contributed by atoms with E-state index >= 15 is 0 Å². The lowest BCUT2D eigenvalue weighted by molar-refractivity contribution is 0.463. The standard InChI is InChI=1S/C12H12N2O/c13-9-10-4-6-11(7-5-10)15-12-3-1-2-8-14-12/h1-8H,9,13H2. The number of nitrogens with zero attached hydrogens (tertiary/aromatic N) is 1. The van der Waals surface area contributed by atoms with Crippen molar-refractivity contribution in [1.29, 1.82) is 0 Å². The molecule has 15 heavy (non-hydrogen) atoms. The Labute approximate surface area is 88.5 Å². The summed E-state index contributed by atoms with van der Waals surface area (Å²) in [6, 6.07) is 13.2. The highest BCUT2D eigenvalue weighted by Gasteiger charge is 1.96. The van der Waals surface area contributed by atoms with Gasteiger partial charge in [-0.3, -0.25) is 0 Å². The van der Waals surface area contributed by atoms with Crippen LogP contribution in [0.15, 0.2) is 48.7 Å². The third-order valence-electron chi connectivity index (χ3n) is 2.02. The number of aromatic nitrogens is 1. The fraction of sp³-hybridized carbons (Fsp3) is 0.0833. The molecular formula is C12H12N2O. The Kier molecular flexibility index (Phi) is 2.95. The molecule has 0 radical (unpaired) electrons. The first kappa shape index (κ1) is 9.68. The Balaban J connectivity index is 2.11. The van der Waals surface area contributed by atoms with Crippen LogP contribution in [0.2, 0.25) is 0 Å². The SMILES string of the molecule is NCc1ccc(Oc2ccccn2)cc1. The average molecular weight is 200 g/mol. The Morgan fingerprint density at radius 2 is 1.87 bits per heavy atom. The monoisotopic (exact) mass is 200 g/mol. The highest BCUT2D eigenvalue weighted by atomic mass is 16.5. The summed E-state index contributed by atoms with van der Waals surface area (Å²) in [5.74, 6) is 1.36. The zero-order chi connectivity index (χ0) is 10.5. The van der Waals surface area contributed by atoms with Crippen LogP contribution in [0.4, 0.5) is 0 Å². The largest absolute Gasteiger partial charge is 0.439 e. The Bertz CT molecular complexity index is 411. The number of benzene rings is 1. The molecule has 0 fully saturated rings. The molecule has 3 nitrogen and oxygen atoms in total. The van der Waals surface area contributed by atoms with E-state index in [1.807, 2.05) is 42.5 Å². The van der Waals surface area contributed by atoms with Gasteiger partial charge in [0.2, 0.25) is 5.88 Å². The van der Waals surface area contributed by atoms with Gasteiger partial charge in [0.15, 0.2) is 0 Å². The van der Waals surface area contributed by atoms with Crippen LogP contribution < -0.4 is 10.5 Å². The van der Waals surface area contributed by atoms with E-state index in [4.69, 9.17) is 10.5 Å². The van der Waals surface area contributed by atoms with Crippen LogP contribution in [0.1, 0.15) is 5.56 Å². The predicted octanol–water partition coefficient (Wildman–Crippen LogP) is 2.33. The molecule has 76 valence electrons. The molecule has 1 heterocycles. The van der Waals surface area contributed by atoms with Gasteiger partial charge in [0.25, 0.3) is 0 Å². The summed E-state index contributed by atoms with van der Waals surface area (Å²) < 4.78 is 5.53. The Hall–Kier alpha value is -1.87. The minimum atomic E-state index is 0.546. The maximum Gasteiger partial charge on any atom is 0.219 e. The average Bonchev–Trinajstić information content (AvgIpc) is 2.31. The van der Waals surface area contributed by atoms with Crippen LogP contribution >= 0.6 is 0 Å². The molecule has 0 aliphatic rings. The lowest BCUT2D eigenvalue weighted by atomic mass is 10.2. The molecule has 0 saturated heterocycles. The molecular weight excluding hydrogens is 188 g/mol. The zero-order valence-corrected chi connectivity index (χ0v) is 8.26. The third-order valence-corrected chi connectivity index (χ3v) is 2.02. The number of rotatable bonds is 3.